The fraction of sp³-hybridized carbons (Fsp3) is 0.217. The molecule has 7 nitrogen and oxygen atoms in total. The van der Waals surface area contributed by atoms with Gasteiger partial charge in [-0.3, -0.25) is 4.98 Å². The Labute approximate surface area is 177 Å². The molecular weight excluding hydrogens is 384 g/mol. The Morgan fingerprint density at radius 3 is 2.07 bits per heavy atom. The third kappa shape index (κ3) is 12.5. The molecular formula is C23H28N2O5. The number of aromatic hydroxyl groups is 1. The number of phenolic OH excluding ortho intramolecular Hbond substituents is 1. The minimum Gasteiger partial charge on any atom is -0.502 e. The minimum atomic E-state index is -0.0269. The predicted octanol–water partition coefficient (Wildman–Crippen LogP) is 4.30. The van der Waals surface area contributed by atoms with E-state index in [-0.39, 0.29) is 5.75 Å². The Morgan fingerprint density at radius 2 is 1.73 bits per heavy atom. The van der Waals surface area contributed by atoms with Crippen molar-refractivity contribution < 1.29 is 24.2 Å². The highest BCUT2D eigenvalue weighted by Crippen LogP contribution is 2.37. The number of aromatic nitrogens is 1. The van der Waals surface area contributed by atoms with Crippen LogP contribution in [0.2, 0.25) is 0 Å². The van der Waals surface area contributed by atoms with Crippen LogP contribution in [0.1, 0.15) is 25.1 Å². The summed E-state index contributed by atoms with van der Waals surface area (Å²) in [4.78, 5) is 20.8. The van der Waals surface area contributed by atoms with E-state index in [9.17, 15) is 5.11 Å². The van der Waals surface area contributed by atoms with E-state index in [1.807, 2.05) is 38.0 Å². The number of nitrogens with zero attached hydrogens (tertiary/aromatic N) is 2. The second kappa shape index (κ2) is 18.4. The third-order valence-electron chi connectivity index (χ3n) is 3.13. The third-order valence-corrected chi connectivity index (χ3v) is 3.13. The van der Waals surface area contributed by atoms with Gasteiger partial charge in [-0.25, -0.2) is 0 Å². The molecule has 160 valence electrons. The number of benzene rings is 1. The lowest BCUT2D eigenvalue weighted by molar-refractivity contribution is -0.106. The van der Waals surface area contributed by atoms with Gasteiger partial charge >= 0.3 is 0 Å². The van der Waals surface area contributed by atoms with Gasteiger partial charge in [0.2, 0.25) is 5.75 Å². The smallest absolute Gasteiger partial charge is 0.200 e. The number of carbonyl (C=O) groups is 2. The zero-order chi connectivity index (χ0) is 23.4. The molecule has 0 saturated carbocycles. The van der Waals surface area contributed by atoms with E-state index in [4.69, 9.17) is 24.3 Å². The molecule has 1 N–H and O–H groups in total. The maximum absolute atomic E-state index is 9.74. The number of phenols is 1. The highest BCUT2D eigenvalue weighted by atomic mass is 16.5. The fourth-order valence-corrected chi connectivity index (χ4v) is 1.80. The molecule has 0 atom stereocenters. The van der Waals surface area contributed by atoms with Gasteiger partial charge in [0.25, 0.3) is 0 Å². The van der Waals surface area contributed by atoms with E-state index in [2.05, 4.69) is 4.98 Å². The number of allylic oxidation sites excluding steroid dienone is 3. The summed E-state index contributed by atoms with van der Waals surface area (Å²) in [7, 11) is 2.95. The van der Waals surface area contributed by atoms with Gasteiger partial charge in [0.15, 0.2) is 11.5 Å². The lowest BCUT2D eigenvalue weighted by Gasteiger charge is -2.09. The van der Waals surface area contributed by atoms with Gasteiger partial charge in [-0.1, -0.05) is 18.2 Å². The normalized spacial score (nSPS) is 9.40. The molecule has 30 heavy (non-hydrogen) atoms. The number of hydrogen-bond acceptors (Lipinski definition) is 7. The van der Waals surface area contributed by atoms with E-state index in [1.54, 1.807) is 43.5 Å². The first-order chi connectivity index (χ1) is 14.4. The van der Waals surface area contributed by atoms with Crippen LogP contribution in [0.3, 0.4) is 0 Å². The van der Waals surface area contributed by atoms with E-state index in [0.29, 0.717) is 17.1 Å². The van der Waals surface area contributed by atoms with Crippen LogP contribution < -0.4 is 9.47 Å². The molecule has 0 amide bonds. The summed E-state index contributed by atoms with van der Waals surface area (Å²) in [6, 6.07) is 11.3. The maximum Gasteiger partial charge on any atom is 0.200 e. The van der Waals surface area contributed by atoms with Crippen LogP contribution in [-0.2, 0) is 9.59 Å². The zero-order valence-corrected chi connectivity index (χ0v) is 18.0. The summed E-state index contributed by atoms with van der Waals surface area (Å²) in [5, 5.41) is 18.3. The molecule has 0 aliphatic rings. The first-order valence-electron chi connectivity index (χ1n) is 8.69. The molecule has 1 aromatic carbocycles. The fourth-order valence-electron chi connectivity index (χ4n) is 1.80. The van der Waals surface area contributed by atoms with E-state index >= 15 is 0 Å². The lowest BCUT2D eigenvalue weighted by Crippen LogP contribution is -1.90. The van der Waals surface area contributed by atoms with Crippen molar-refractivity contribution >= 4 is 19.2 Å². The molecule has 1 heterocycles. The largest absolute Gasteiger partial charge is 0.502 e. The number of methoxy groups -OCH3 is 2. The van der Waals surface area contributed by atoms with Crippen LogP contribution in [0.15, 0.2) is 54.3 Å². The minimum absolute atomic E-state index is 0.0269. The van der Waals surface area contributed by atoms with Crippen LogP contribution in [0.5, 0.6) is 17.2 Å². The summed E-state index contributed by atoms with van der Waals surface area (Å²) in [5.74, 6) is 0.658. The molecule has 0 fully saturated rings. The lowest BCUT2D eigenvalue weighted by atomic mass is 10.1. The molecule has 1 aromatic heterocycles. The SMILES string of the molecule is C=O.CC=O.COc1cc(/C=C/C=C(/C)C#N)cc(OC)c1O.Cc1ccccn1. The van der Waals surface area contributed by atoms with Crippen LogP contribution in [0.25, 0.3) is 6.08 Å². The Kier molecular flexibility index (Phi) is 17.4. The number of aldehydes is 1. The van der Waals surface area contributed by atoms with Crippen LogP contribution >= 0.6 is 0 Å². The number of hydrogen-bond donors (Lipinski definition) is 1. The summed E-state index contributed by atoms with van der Waals surface area (Å²) in [5.41, 5.74) is 2.50. The summed E-state index contributed by atoms with van der Waals surface area (Å²) in [6.07, 6.45) is 7.79. The molecule has 2 aromatic rings. The van der Waals surface area contributed by atoms with Crippen LogP contribution in [0.4, 0.5) is 0 Å². The van der Waals surface area contributed by atoms with Crippen molar-refractivity contribution in [3.8, 4) is 23.3 Å². The zero-order valence-electron chi connectivity index (χ0n) is 18.0. The topological polar surface area (TPSA) is 110 Å². The number of carbonyl (C=O) groups excluding carboxylic acids is 2. The quantitative estimate of drug-likeness (QED) is 0.453. The number of rotatable bonds is 4. The highest BCUT2D eigenvalue weighted by Gasteiger charge is 2.09. The van der Waals surface area contributed by atoms with Crippen molar-refractivity contribution in [3.63, 3.8) is 0 Å². The Bertz CT molecular complexity index is 815. The van der Waals surface area contributed by atoms with Crippen LogP contribution in [0, 0.1) is 18.3 Å². The Balaban J connectivity index is 0. The van der Waals surface area contributed by atoms with E-state index < -0.39 is 0 Å². The van der Waals surface area contributed by atoms with Crippen molar-refractivity contribution in [2.45, 2.75) is 20.8 Å². The molecule has 0 spiro atoms. The molecule has 0 aliphatic carbocycles. The van der Waals surface area contributed by atoms with Gasteiger partial charge in [-0.05, 0) is 56.7 Å². The average Bonchev–Trinajstić information content (AvgIpc) is 2.77. The number of aryl methyl sites for hydroxylation is 1. The first kappa shape index (κ1) is 28.3. The van der Waals surface area contributed by atoms with Crippen molar-refractivity contribution in [1.82, 2.24) is 4.98 Å². The van der Waals surface area contributed by atoms with Gasteiger partial charge < -0.3 is 24.2 Å². The van der Waals surface area contributed by atoms with E-state index in [0.717, 1.165) is 17.5 Å². The predicted molar refractivity (Wildman–Crippen MR) is 117 cm³/mol. The van der Waals surface area contributed by atoms with Gasteiger partial charge in [0, 0.05) is 17.5 Å². The Hall–Kier alpha value is -3.92. The van der Waals surface area contributed by atoms with Crippen LogP contribution in [-0.4, -0.2) is 37.4 Å². The molecule has 0 radical (unpaired) electrons. The molecule has 7 heteroatoms. The van der Waals surface area contributed by atoms with Crippen molar-refractivity contribution in [1.29, 1.82) is 5.26 Å². The summed E-state index contributed by atoms with van der Waals surface area (Å²) >= 11 is 0. The van der Waals surface area contributed by atoms with Gasteiger partial charge in [0.1, 0.15) is 13.1 Å². The van der Waals surface area contributed by atoms with E-state index in [1.165, 1.54) is 21.1 Å². The molecule has 0 unspecified atom stereocenters. The Morgan fingerprint density at radius 1 is 1.20 bits per heavy atom. The standard InChI is InChI=1S/C14H15NO3.C6H7N.C2H4O.CH2O/c1-10(9-15)5-4-6-11-7-12(17-2)14(16)13(8-11)18-3;1-6-4-2-3-5-7-6;1-2-3;1-2/h4-8,16H,1-3H3;2-5H,1H3;2H,1H3;1H2/b6-4+,10-5-;;;. The second-order valence-corrected chi connectivity index (χ2v) is 5.30. The number of ether oxygens (including phenoxy) is 2. The van der Waals surface area contributed by atoms with Crippen molar-refractivity contribution in [2.75, 3.05) is 14.2 Å². The highest BCUT2D eigenvalue weighted by molar-refractivity contribution is 5.62. The van der Waals surface area contributed by atoms with Gasteiger partial charge in [-0.15, -0.1) is 0 Å². The molecule has 0 bridgehead atoms. The molecule has 0 aliphatic heterocycles. The number of pyridine rings is 1. The second-order valence-electron chi connectivity index (χ2n) is 5.30. The summed E-state index contributed by atoms with van der Waals surface area (Å²) < 4.78 is 10.1. The van der Waals surface area contributed by atoms with Gasteiger partial charge in [-0.2, -0.15) is 5.26 Å². The first-order valence-corrected chi connectivity index (χ1v) is 8.69. The van der Waals surface area contributed by atoms with Gasteiger partial charge in [0.05, 0.1) is 20.3 Å². The number of nitriles is 1. The van der Waals surface area contributed by atoms with Crippen molar-refractivity contribution in [3.05, 3.63) is 65.5 Å². The molecule has 0 saturated heterocycles. The monoisotopic (exact) mass is 412 g/mol. The maximum atomic E-state index is 9.74. The molecule has 2 rings (SSSR count). The summed E-state index contributed by atoms with van der Waals surface area (Å²) in [6.45, 7) is 7.14. The van der Waals surface area contributed by atoms with Crippen molar-refractivity contribution in [2.24, 2.45) is 0 Å². The average molecular weight is 412 g/mol.